The van der Waals surface area contributed by atoms with Gasteiger partial charge in [0, 0.05) is 28.9 Å². The minimum absolute atomic E-state index is 0. The molecule has 7 heteroatoms. The molecule has 0 bridgehead atoms. The van der Waals surface area contributed by atoms with Gasteiger partial charge in [0.25, 0.3) is 0 Å². The van der Waals surface area contributed by atoms with Gasteiger partial charge in [0.05, 0.1) is 0 Å². The summed E-state index contributed by atoms with van der Waals surface area (Å²) in [7, 11) is 0. The first-order chi connectivity index (χ1) is 11.2. The molecule has 1 aromatic heterocycles. The summed E-state index contributed by atoms with van der Waals surface area (Å²) in [6, 6.07) is 7.76. The van der Waals surface area contributed by atoms with Crippen LogP contribution in [0.5, 0.6) is 0 Å². The Kier molecular flexibility index (Phi) is 9.95. The van der Waals surface area contributed by atoms with Crippen molar-refractivity contribution in [3.05, 3.63) is 45.9 Å². The van der Waals surface area contributed by atoms with Crippen LogP contribution >= 0.6 is 35.3 Å². The van der Waals surface area contributed by atoms with E-state index in [4.69, 9.17) is 17.3 Å². The molecule has 2 rings (SSSR count). The number of hydrogen-bond donors (Lipinski definition) is 2. The minimum Gasteiger partial charge on any atom is -0.330 e. The number of nitrogens with two attached hydrogens (primary N) is 1. The van der Waals surface area contributed by atoms with E-state index in [2.05, 4.69) is 10.3 Å². The first-order valence-electron chi connectivity index (χ1n) is 7.87. The summed E-state index contributed by atoms with van der Waals surface area (Å²) in [6.45, 7) is 0.722. The highest BCUT2D eigenvalue weighted by Gasteiger charge is 2.08. The van der Waals surface area contributed by atoms with Crippen molar-refractivity contribution in [3.63, 3.8) is 0 Å². The number of unbranched alkanes of at least 4 members (excludes halogenated alkanes) is 3. The maximum atomic E-state index is 11.9. The quantitative estimate of drug-likeness (QED) is 0.614. The number of aromatic nitrogens is 1. The van der Waals surface area contributed by atoms with E-state index in [1.807, 2.05) is 24.3 Å². The van der Waals surface area contributed by atoms with Crippen molar-refractivity contribution in [1.82, 2.24) is 4.98 Å². The SMILES string of the molecule is Cl.NCCCCCCC(=O)Nc1ncc(Cc2ccccc2Cl)s1. The molecule has 2 aromatic rings. The molecule has 4 nitrogen and oxygen atoms in total. The van der Waals surface area contributed by atoms with Crippen LogP contribution < -0.4 is 11.1 Å². The molecule has 24 heavy (non-hydrogen) atoms. The average molecular weight is 388 g/mol. The monoisotopic (exact) mass is 387 g/mol. The van der Waals surface area contributed by atoms with Gasteiger partial charge in [-0.3, -0.25) is 4.79 Å². The summed E-state index contributed by atoms with van der Waals surface area (Å²) in [5.74, 6) is 0.0244. The molecular weight excluding hydrogens is 365 g/mol. The Hall–Kier alpha value is -1.14. The van der Waals surface area contributed by atoms with E-state index in [1.165, 1.54) is 11.3 Å². The standard InChI is InChI=1S/C17H22ClN3OS.ClH/c18-15-8-5-4-7-13(15)11-14-12-20-17(23-14)21-16(22)9-3-1-2-6-10-19;/h4-5,7-8,12H,1-3,6,9-11,19H2,(H,20,21,22);1H. The predicted molar refractivity (Wildman–Crippen MR) is 104 cm³/mol. The van der Waals surface area contributed by atoms with Gasteiger partial charge < -0.3 is 11.1 Å². The van der Waals surface area contributed by atoms with Crippen LogP contribution in [0.3, 0.4) is 0 Å². The van der Waals surface area contributed by atoms with Gasteiger partial charge in [-0.05, 0) is 31.0 Å². The number of carbonyl (C=O) groups is 1. The summed E-state index contributed by atoms with van der Waals surface area (Å²) >= 11 is 7.66. The van der Waals surface area contributed by atoms with Crippen molar-refractivity contribution in [2.45, 2.75) is 38.5 Å². The second kappa shape index (κ2) is 11.4. The number of anilines is 1. The number of thiazole rings is 1. The Morgan fingerprint density at radius 2 is 1.96 bits per heavy atom. The van der Waals surface area contributed by atoms with E-state index in [-0.39, 0.29) is 18.3 Å². The third-order valence-electron chi connectivity index (χ3n) is 3.48. The lowest BCUT2D eigenvalue weighted by molar-refractivity contribution is -0.116. The van der Waals surface area contributed by atoms with E-state index < -0.39 is 0 Å². The zero-order valence-electron chi connectivity index (χ0n) is 13.5. The molecule has 0 fully saturated rings. The minimum atomic E-state index is 0. The third-order valence-corrected chi connectivity index (χ3v) is 4.76. The average Bonchev–Trinajstić information content (AvgIpc) is 2.96. The number of carbonyl (C=O) groups excluding carboxylic acids is 1. The fourth-order valence-corrected chi connectivity index (χ4v) is 3.30. The molecule has 0 spiro atoms. The first kappa shape index (κ1) is 20.9. The Balaban J connectivity index is 0.00000288. The van der Waals surface area contributed by atoms with Gasteiger partial charge in [-0.15, -0.1) is 23.7 Å². The Bertz CT molecular complexity index is 634. The molecule has 0 aliphatic carbocycles. The number of nitrogens with zero attached hydrogens (tertiary/aromatic N) is 1. The second-order valence-electron chi connectivity index (χ2n) is 5.40. The van der Waals surface area contributed by atoms with Crippen LogP contribution in [0.25, 0.3) is 0 Å². The summed E-state index contributed by atoms with van der Waals surface area (Å²) in [5, 5.41) is 4.27. The van der Waals surface area contributed by atoms with Crippen LogP contribution in [0.15, 0.2) is 30.5 Å². The largest absolute Gasteiger partial charge is 0.330 e. The van der Waals surface area contributed by atoms with Crippen LogP contribution in [0, 0.1) is 0 Å². The van der Waals surface area contributed by atoms with Crippen molar-refractivity contribution in [2.24, 2.45) is 5.73 Å². The van der Waals surface area contributed by atoms with E-state index in [1.54, 1.807) is 6.20 Å². The lowest BCUT2D eigenvalue weighted by Gasteiger charge is -2.02. The van der Waals surface area contributed by atoms with Crippen molar-refractivity contribution in [2.75, 3.05) is 11.9 Å². The second-order valence-corrected chi connectivity index (χ2v) is 6.92. The van der Waals surface area contributed by atoms with E-state index in [0.29, 0.717) is 11.6 Å². The number of halogens is 2. The molecule has 1 aromatic carbocycles. The number of nitrogens with one attached hydrogen (secondary N) is 1. The molecule has 0 unspecified atom stereocenters. The number of rotatable bonds is 9. The zero-order valence-corrected chi connectivity index (χ0v) is 15.9. The van der Waals surface area contributed by atoms with Gasteiger partial charge in [-0.2, -0.15) is 0 Å². The highest BCUT2D eigenvalue weighted by Crippen LogP contribution is 2.24. The van der Waals surface area contributed by atoms with Crippen LogP contribution in [-0.4, -0.2) is 17.4 Å². The first-order valence-corrected chi connectivity index (χ1v) is 9.06. The molecular formula is C17H23Cl2N3OS. The van der Waals surface area contributed by atoms with Crippen molar-refractivity contribution in [3.8, 4) is 0 Å². The molecule has 3 N–H and O–H groups in total. The fourth-order valence-electron chi connectivity index (χ4n) is 2.24. The Morgan fingerprint density at radius 3 is 2.71 bits per heavy atom. The van der Waals surface area contributed by atoms with Crippen LogP contribution in [-0.2, 0) is 11.2 Å². The van der Waals surface area contributed by atoms with Gasteiger partial charge in [0.2, 0.25) is 5.91 Å². The molecule has 0 saturated carbocycles. The Labute approximate surface area is 158 Å². The van der Waals surface area contributed by atoms with Crippen molar-refractivity contribution >= 4 is 46.4 Å². The Morgan fingerprint density at radius 1 is 1.21 bits per heavy atom. The summed E-state index contributed by atoms with van der Waals surface area (Å²) in [5.41, 5.74) is 6.51. The van der Waals surface area contributed by atoms with Gasteiger partial charge in [0.1, 0.15) is 0 Å². The van der Waals surface area contributed by atoms with Gasteiger partial charge in [0.15, 0.2) is 5.13 Å². The summed E-state index contributed by atoms with van der Waals surface area (Å²) in [4.78, 5) is 17.2. The lowest BCUT2D eigenvalue weighted by Crippen LogP contribution is -2.10. The lowest BCUT2D eigenvalue weighted by atomic mass is 10.1. The third kappa shape index (κ3) is 7.18. The topological polar surface area (TPSA) is 68.0 Å². The summed E-state index contributed by atoms with van der Waals surface area (Å²) < 4.78 is 0. The van der Waals surface area contributed by atoms with Gasteiger partial charge in [-0.25, -0.2) is 4.98 Å². The molecule has 0 saturated heterocycles. The normalized spacial score (nSPS) is 10.2. The zero-order chi connectivity index (χ0) is 16.5. The smallest absolute Gasteiger partial charge is 0.226 e. The molecule has 1 amide bonds. The summed E-state index contributed by atoms with van der Waals surface area (Å²) in [6.07, 6.45) is 7.10. The predicted octanol–water partition coefficient (Wildman–Crippen LogP) is 4.66. The van der Waals surface area contributed by atoms with Crippen molar-refractivity contribution < 1.29 is 4.79 Å². The highest BCUT2D eigenvalue weighted by atomic mass is 35.5. The van der Waals surface area contributed by atoms with E-state index in [9.17, 15) is 4.79 Å². The highest BCUT2D eigenvalue weighted by molar-refractivity contribution is 7.15. The van der Waals surface area contributed by atoms with E-state index >= 15 is 0 Å². The number of benzene rings is 1. The van der Waals surface area contributed by atoms with Crippen molar-refractivity contribution in [1.29, 1.82) is 0 Å². The van der Waals surface area contributed by atoms with Gasteiger partial charge in [-0.1, -0.05) is 42.6 Å². The molecule has 132 valence electrons. The maximum Gasteiger partial charge on any atom is 0.226 e. The van der Waals surface area contributed by atoms with E-state index in [0.717, 1.165) is 54.1 Å². The fraction of sp³-hybridized carbons (Fsp3) is 0.412. The van der Waals surface area contributed by atoms with Crippen LogP contribution in [0.2, 0.25) is 5.02 Å². The maximum absolute atomic E-state index is 11.9. The number of hydrogen-bond acceptors (Lipinski definition) is 4. The molecule has 0 aliphatic rings. The van der Waals surface area contributed by atoms with Crippen LogP contribution in [0.4, 0.5) is 5.13 Å². The van der Waals surface area contributed by atoms with Crippen LogP contribution in [0.1, 0.15) is 42.5 Å². The molecule has 1 heterocycles. The molecule has 0 atom stereocenters. The number of amides is 1. The molecule has 0 aliphatic heterocycles. The molecule has 0 radical (unpaired) electrons. The van der Waals surface area contributed by atoms with Gasteiger partial charge >= 0.3 is 0 Å².